The van der Waals surface area contributed by atoms with E-state index in [0.717, 1.165) is 24.3 Å². The van der Waals surface area contributed by atoms with Gasteiger partial charge in [-0.05, 0) is 51.4 Å². The highest BCUT2D eigenvalue weighted by Crippen LogP contribution is 2.38. The van der Waals surface area contributed by atoms with Gasteiger partial charge in [0.1, 0.15) is 0 Å². The lowest BCUT2D eigenvalue weighted by Crippen LogP contribution is -2.21. The van der Waals surface area contributed by atoms with Crippen molar-refractivity contribution in [3.63, 3.8) is 0 Å². The molecule has 0 amide bonds. The van der Waals surface area contributed by atoms with Gasteiger partial charge in [0.05, 0.1) is 20.8 Å². The Kier molecular flexibility index (Phi) is 6.50. The van der Waals surface area contributed by atoms with Crippen molar-refractivity contribution in [2.45, 2.75) is 32.7 Å². The first-order valence-corrected chi connectivity index (χ1v) is 6.71. The van der Waals surface area contributed by atoms with Crippen molar-refractivity contribution >= 4 is 0 Å². The molecule has 1 atom stereocenters. The van der Waals surface area contributed by atoms with Crippen LogP contribution in [0.3, 0.4) is 0 Å². The monoisotopic (exact) mass is 267 g/mol. The van der Waals surface area contributed by atoms with Gasteiger partial charge < -0.3 is 19.5 Å². The third-order valence-electron chi connectivity index (χ3n) is 3.17. The van der Waals surface area contributed by atoms with Crippen molar-refractivity contribution in [2.24, 2.45) is 0 Å². The van der Waals surface area contributed by atoms with Crippen LogP contribution in [0.2, 0.25) is 0 Å². The molecule has 1 aromatic carbocycles. The highest BCUT2D eigenvalue weighted by molar-refractivity contribution is 5.53. The lowest BCUT2D eigenvalue weighted by molar-refractivity contribution is 0.288. The zero-order valence-corrected chi connectivity index (χ0v) is 12.6. The SMILES string of the molecule is CCOc1c(OC)cc(CCC(C)NC)cc1OC. The fourth-order valence-electron chi connectivity index (χ4n) is 1.89. The summed E-state index contributed by atoms with van der Waals surface area (Å²) in [6.07, 6.45) is 2.04. The quantitative estimate of drug-likeness (QED) is 0.786. The minimum atomic E-state index is 0.489. The van der Waals surface area contributed by atoms with Crippen molar-refractivity contribution in [1.82, 2.24) is 5.32 Å². The zero-order valence-electron chi connectivity index (χ0n) is 12.6. The predicted molar refractivity (Wildman–Crippen MR) is 77.6 cm³/mol. The Labute approximate surface area is 116 Å². The van der Waals surface area contributed by atoms with E-state index >= 15 is 0 Å². The van der Waals surface area contributed by atoms with Crippen LogP contribution in [0.4, 0.5) is 0 Å². The largest absolute Gasteiger partial charge is 0.493 e. The van der Waals surface area contributed by atoms with E-state index in [-0.39, 0.29) is 0 Å². The minimum Gasteiger partial charge on any atom is -0.493 e. The third kappa shape index (κ3) is 4.31. The van der Waals surface area contributed by atoms with Gasteiger partial charge in [0, 0.05) is 6.04 Å². The third-order valence-corrected chi connectivity index (χ3v) is 3.17. The van der Waals surface area contributed by atoms with Crippen molar-refractivity contribution in [3.05, 3.63) is 17.7 Å². The fraction of sp³-hybridized carbons (Fsp3) is 0.600. The van der Waals surface area contributed by atoms with Crippen LogP contribution in [-0.2, 0) is 6.42 Å². The molecule has 1 unspecified atom stereocenters. The molecule has 1 aromatic rings. The summed E-state index contributed by atoms with van der Waals surface area (Å²) in [7, 11) is 5.28. The Hall–Kier alpha value is -1.42. The zero-order chi connectivity index (χ0) is 14.3. The van der Waals surface area contributed by atoms with Crippen LogP contribution >= 0.6 is 0 Å². The van der Waals surface area contributed by atoms with Gasteiger partial charge in [-0.15, -0.1) is 0 Å². The average Bonchev–Trinajstić information content (AvgIpc) is 2.45. The van der Waals surface area contributed by atoms with Crippen LogP contribution < -0.4 is 19.5 Å². The molecule has 0 heterocycles. The van der Waals surface area contributed by atoms with Crippen LogP contribution in [0.1, 0.15) is 25.8 Å². The molecule has 0 saturated heterocycles. The molecule has 0 saturated carbocycles. The summed E-state index contributed by atoms with van der Waals surface area (Å²) < 4.78 is 16.4. The number of ether oxygens (including phenoxy) is 3. The van der Waals surface area contributed by atoms with E-state index in [2.05, 4.69) is 12.2 Å². The van der Waals surface area contributed by atoms with Crippen molar-refractivity contribution in [1.29, 1.82) is 0 Å². The van der Waals surface area contributed by atoms with Crippen LogP contribution in [-0.4, -0.2) is 33.9 Å². The molecule has 0 bridgehead atoms. The first-order chi connectivity index (χ1) is 9.15. The average molecular weight is 267 g/mol. The van der Waals surface area contributed by atoms with Gasteiger partial charge in [0.15, 0.2) is 11.5 Å². The Morgan fingerprint density at radius 3 is 2.16 bits per heavy atom. The second-order valence-corrected chi connectivity index (χ2v) is 4.49. The van der Waals surface area contributed by atoms with Crippen LogP contribution in [0.15, 0.2) is 12.1 Å². The van der Waals surface area contributed by atoms with Gasteiger partial charge in [0.25, 0.3) is 0 Å². The van der Waals surface area contributed by atoms with E-state index in [9.17, 15) is 0 Å². The maximum Gasteiger partial charge on any atom is 0.203 e. The Bertz CT molecular complexity index is 368. The van der Waals surface area contributed by atoms with E-state index in [1.807, 2.05) is 26.1 Å². The molecule has 4 nitrogen and oxygen atoms in total. The molecular weight excluding hydrogens is 242 g/mol. The number of rotatable bonds is 8. The van der Waals surface area contributed by atoms with E-state index < -0.39 is 0 Å². The van der Waals surface area contributed by atoms with Crippen molar-refractivity contribution in [3.8, 4) is 17.2 Å². The first kappa shape index (κ1) is 15.6. The molecule has 0 spiro atoms. The van der Waals surface area contributed by atoms with Gasteiger partial charge in [-0.25, -0.2) is 0 Å². The van der Waals surface area contributed by atoms with Gasteiger partial charge in [-0.3, -0.25) is 0 Å². The summed E-state index contributed by atoms with van der Waals surface area (Å²) in [4.78, 5) is 0. The maximum atomic E-state index is 5.59. The number of hydrogen-bond acceptors (Lipinski definition) is 4. The van der Waals surface area contributed by atoms with E-state index in [4.69, 9.17) is 14.2 Å². The van der Waals surface area contributed by atoms with Crippen LogP contribution in [0.5, 0.6) is 17.2 Å². The smallest absolute Gasteiger partial charge is 0.203 e. The molecule has 0 aromatic heterocycles. The molecule has 0 aliphatic heterocycles. The van der Waals surface area contributed by atoms with Crippen molar-refractivity contribution < 1.29 is 14.2 Å². The van der Waals surface area contributed by atoms with Gasteiger partial charge in [-0.2, -0.15) is 0 Å². The Balaban J connectivity index is 2.95. The summed E-state index contributed by atoms with van der Waals surface area (Å²) >= 11 is 0. The molecule has 19 heavy (non-hydrogen) atoms. The number of nitrogens with one attached hydrogen (secondary N) is 1. The molecule has 0 aliphatic carbocycles. The molecular formula is C15H25NO3. The maximum absolute atomic E-state index is 5.59. The molecule has 1 N–H and O–H groups in total. The Morgan fingerprint density at radius 2 is 1.74 bits per heavy atom. The Morgan fingerprint density at radius 1 is 1.16 bits per heavy atom. The summed E-state index contributed by atoms with van der Waals surface area (Å²) in [6, 6.07) is 4.54. The second kappa shape index (κ2) is 7.89. The van der Waals surface area contributed by atoms with Crippen LogP contribution in [0, 0.1) is 0 Å². The number of methoxy groups -OCH3 is 2. The van der Waals surface area contributed by atoms with Gasteiger partial charge in [-0.1, -0.05) is 0 Å². The standard InChI is InChI=1S/C15H25NO3/c1-6-19-15-13(17-4)9-12(10-14(15)18-5)8-7-11(2)16-3/h9-11,16H,6-8H2,1-5H3. The number of hydrogen-bond donors (Lipinski definition) is 1. The summed E-state index contributed by atoms with van der Waals surface area (Å²) in [6.45, 7) is 4.70. The van der Waals surface area contributed by atoms with E-state index in [1.54, 1.807) is 14.2 Å². The summed E-state index contributed by atoms with van der Waals surface area (Å²) in [5.74, 6) is 2.14. The highest BCUT2D eigenvalue weighted by Gasteiger charge is 2.14. The lowest BCUT2D eigenvalue weighted by atomic mass is 10.0. The molecule has 0 radical (unpaired) electrons. The van der Waals surface area contributed by atoms with Crippen LogP contribution in [0.25, 0.3) is 0 Å². The topological polar surface area (TPSA) is 39.7 Å². The summed E-state index contributed by atoms with van der Waals surface area (Å²) in [5.41, 5.74) is 1.19. The number of aryl methyl sites for hydroxylation is 1. The normalized spacial score (nSPS) is 12.1. The summed E-state index contributed by atoms with van der Waals surface area (Å²) in [5, 5.41) is 3.24. The predicted octanol–water partition coefficient (Wildman–Crippen LogP) is 2.64. The minimum absolute atomic E-state index is 0.489. The van der Waals surface area contributed by atoms with Gasteiger partial charge >= 0.3 is 0 Å². The highest BCUT2D eigenvalue weighted by atomic mass is 16.5. The van der Waals surface area contributed by atoms with E-state index in [0.29, 0.717) is 18.4 Å². The first-order valence-electron chi connectivity index (χ1n) is 6.71. The fourth-order valence-corrected chi connectivity index (χ4v) is 1.89. The molecule has 0 aliphatic rings. The molecule has 1 rings (SSSR count). The second-order valence-electron chi connectivity index (χ2n) is 4.49. The molecule has 108 valence electrons. The van der Waals surface area contributed by atoms with Crippen molar-refractivity contribution in [2.75, 3.05) is 27.9 Å². The van der Waals surface area contributed by atoms with E-state index in [1.165, 1.54) is 5.56 Å². The van der Waals surface area contributed by atoms with Gasteiger partial charge in [0.2, 0.25) is 5.75 Å². The molecule has 4 heteroatoms. The lowest BCUT2D eigenvalue weighted by Gasteiger charge is -2.16. The number of benzene rings is 1. The molecule has 0 fully saturated rings.